The molecule has 2 aromatic rings. The number of hydrogen-bond acceptors (Lipinski definition) is 2. The summed E-state index contributed by atoms with van der Waals surface area (Å²) in [6.07, 6.45) is 2.30. The molecule has 0 saturated carbocycles. The molecule has 0 aliphatic rings. The number of rotatable bonds is 2. The number of halogens is 2. The van der Waals surface area contributed by atoms with E-state index < -0.39 is 0 Å². The highest BCUT2D eigenvalue weighted by Gasteiger charge is 2.08. The largest absolute Gasteiger partial charge is 0.249 e. The van der Waals surface area contributed by atoms with E-state index in [1.165, 1.54) is 0 Å². The van der Waals surface area contributed by atoms with Gasteiger partial charge in [-0.25, -0.2) is 9.37 Å². The van der Waals surface area contributed by atoms with Crippen LogP contribution in [0.15, 0.2) is 24.4 Å². The topological polar surface area (TPSA) is 12.9 Å². The molecule has 1 aromatic heterocycles. The number of hydrogen-bond donors (Lipinski definition) is 0. The maximum Gasteiger partial charge on any atom is 0.145 e. The van der Waals surface area contributed by atoms with E-state index in [0.717, 1.165) is 9.88 Å². The molecule has 1 heterocycles. The van der Waals surface area contributed by atoms with E-state index in [0.29, 0.717) is 12.0 Å². The van der Waals surface area contributed by atoms with Gasteiger partial charge in [0.15, 0.2) is 0 Å². The maximum absolute atomic E-state index is 13.5. The summed E-state index contributed by atoms with van der Waals surface area (Å²) in [5.74, 6) is -0.341. The molecule has 0 bridgehead atoms. The van der Waals surface area contributed by atoms with Crippen molar-refractivity contribution < 1.29 is 4.39 Å². The summed E-state index contributed by atoms with van der Waals surface area (Å²) in [5, 5.41) is 1.08. The van der Waals surface area contributed by atoms with Crippen LogP contribution in [-0.4, -0.2) is 4.98 Å². The van der Waals surface area contributed by atoms with E-state index in [2.05, 4.69) is 4.98 Å². The predicted octanol–water partition coefficient (Wildman–Crippen LogP) is 4.86. The molecule has 4 heteroatoms. The number of aromatic nitrogens is 1. The lowest BCUT2D eigenvalue weighted by Crippen LogP contribution is -1.92. The third-order valence-corrected chi connectivity index (χ3v) is 3.25. The van der Waals surface area contributed by atoms with Crippen LogP contribution in [0.1, 0.15) is 29.3 Å². The molecule has 0 atom stereocenters. The van der Waals surface area contributed by atoms with Crippen LogP contribution in [0.5, 0.6) is 0 Å². The van der Waals surface area contributed by atoms with Crippen molar-refractivity contribution in [3.8, 4) is 0 Å². The van der Waals surface area contributed by atoms with Crippen LogP contribution < -0.4 is 0 Å². The van der Waals surface area contributed by atoms with Crippen LogP contribution in [-0.2, 0) is 6.42 Å². The monoisotopic (exact) mass is 271 g/mol. The summed E-state index contributed by atoms with van der Waals surface area (Å²) in [4.78, 5) is 5.32. The second-order valence-corrected chi connectivity index (χ2v) is 4.98. The van der Waals surface area contributed by atoms with Crippen molar-refractivity contribution in [2.75, 3.05) is 0 Å². The highest BCUT2D eigenvalue weighted by Crippen LogP contribution is 2.22. The summed E-state index contributed by atoms with van der Waals surface area (Å²) >= 11 is 7.27. The fourth-order valence-electron chi connectivity index (χ4n) is 1.33. The average Bonchev–Trinajstić information content (AvgIpc) is 2.73. The minimum Gasteiger partial charge on any atom is -0.249 e. The SMILES string of the molecule is CC.Cc1cnc(Cc2cccc(Cl)c2F)s1. The first kappa shape index (κ1) is 14.1. The molecule has 0 fully saturated rings. The van der Waals surface area contributed by atoms with Crippen molar-refractivity contribution in [2.45, 2.75) is 27.2 Å². The Hall–Kier alpha value is -0.930. The summed E-state index contributed by atoms with van der Waals surface area (Å²) in [5.41, 5.74) is 0.594. The van der Waals surface area contributed by atoms with Gasteiger partial charge in [0.2, 0.25) is 0 Å². The van der Waals surface area contributed by atoms with E-state index in [1.807, 2.05) is 20.8 Å². The lowest BCUT2D eigenvalue weighted by molar-refractivity contribution is 0.614. The van der Waals surface area contributed by atoms with Gasteiger partial charge < -0.3 is 0 Å². The second-order valence-electron chi connectivity index (χ2n) is 3.25. The van der Waals surface area contributed by atoms with Crippen LogP contribution in [0.4, 0.5) is 4.39 Å². The van der Waals surface area contributed by atoms with Crippen molar-refractivity contribution in [1.29, 1.82) is 0 Å². The zero-order chi connectivity index (χ0) is 12.8. The first-order valence-electron chi connectivity index (χ1n) is 5.51. The molecule has 0 spiro atoms. The van der Waals surface area contributed by atoms with E-state index in [-0.39, 0.29) is 10.8 Å². The molecule has 0 saturated heterocycles. The molecular formula is C13H15ClFNS. The van der Waals surface area contributed by atoms with Gasteiger partial charge in [-0.1, -0.05) is 37.6 Å². The Balaban J connectivity index is 0.000000686. The first-order valence-corrected chi connectivity index (χ1v) is 6.70. The highest BCUT2D eigenvalue weighted by molar-refractivity contribution is 7.11. The number of thiazole rings is 1. The lowest BCUT2D eigenvalue weighted by atomic mass is 10.1. The van der Waals surface area contributed by atoms with Gasteiger partial charge >= 0.3 is 0 Å². The van der Waals surface area contributed by atoms with E-state index >= 15 is 0 Å². The van der Waals surface area contributed by atoms with Gasteiger partial charge in [-0.15, -0.1) is 11.3 Å². The van der Waals surface area contributed by atoms with E-state index in [9.17, 15) is 4.39 Å². The van der Waals surface area contributed by atoms with Crippen molar-refractivity contribution in [2.24, 2.45) is 0 Å². The Labute approximate surface area is 110 Å². The van der Waals surface area contributed by atoms with Crippen molar-refractivity contribution in [1.82, 2.24) is 4.98 Å². The number of nitrogens with zero attached hydrogens (tertiary/aromatic N) is 1. The Bertz CT molecular complexity index is 482. The minimum atomic E-state index is -0.341. The fourth-order valence-corrected chi connectivity index (χ4v) is 2.34. The Morgan fingerprint density at radius 2 is 2.06 bits per heavy atom. The van der Waals surface area contributed by atoms with E-state index in [4.69, 9.17) is 11.6 Å². The van der Waals surface area contributed by atoms with Crippen LogP contribution in [0.2, 0.25) is 5.02 Å². The van der Waals surface area contributed by atoms with Crippen molar-refractivity contribution in [3.63, 3.8) is 0 Å². The molecule has 0 unspecified atom stereocenters. The second kappa shape index (κ2) is 6.72. The molecular weight excluding hydrogens is 257 g/mol. The van der Waals surface area contributed by atoms with Gasteiger partial charge in [-0.05, 0) is 18.6 Å². The van der Waals surface area contributed by atoms with Gasteiger partial charge in [-0.3, -0.25) is 0 Å². The quantitative estimate of drug-likeness (QED) is 0.760. The molecule has 17 heavy (non-hydrogen) atoms. The van der Waals surface area contributed by atoms with Gasteiger partial charge in [0.05, 0.1) is 10.0 Å². The zero-order valence-corrected chi connectivity index (χ0v) is 11.7. The molecule has 0 amide bonds. The smallest absolute Gasteiger partial charge is 0.145 e. The molecule has 0 aliphatic carbocycles. The van der Waals surface area contributed by atoms with Crippen LogP contribution in [0, 0.1) is 12.7 Å². The molecule has 0 radical (unpaired) electrons. The van der Waals surface area contributed by atoms with E-state index in [1.54, 1.807) is 35.7 Å². The molecule has 1 aromatic carbocycles. The van der Waals surface area contributed by atoms with Crippen LogP contribution in [0.3, 0.4) is 0 Å². The zero-order valence-electron chi connectivity index (χ0n) is 10.1. The standard InChI is InChI=1S/C11H9ClFNS.C2H6/c1-7-6-14-10(15-7)5-8-3-2-4-9(12)11(8)13;1-2/h2-4,6H,5H2,1H3;1-2H3. The number of benzene rings is 1. The summed E-state index contributed by atoms with van der Waals surface area (Å²) in [6, 6.07) is 5.03. The van der Waals surface area contributed by atoms with Crippen molar-refractivity contribution in [3.05, 3.63) is 50.7 Å². The summed E-state index contributed by atoms with van der Waals surface area (Å²) in [7, 11) is 0. The fraction of sp³-hybridized carbons (Fsp3) is 0.308. The molecule has 2 rings (SSSR count). The normalized spacial score (nSPS) is 9.71. The Morgan fingerprint density at radius 1 is 1.35 bits per heavy atom. The highest BCUT2D eigenvalue weighted by atomic mass is 35.5. The van der Waals surface area contributed by atoms with Crippen molar-refractivity contribution >= 4 is 22.9 Å². The Morgan fingerprint density at radius 3 is 2.65 bits per heavy atom. The van der Waals surface area contributed by atoms with Gasteiger partial charge in [0, 0.05) is 17.5 Å². The summed E-state index contributed by atoms with van der Waals surface area (Å²) < 4.78 is 13.5. The molecule has 0 N–H and O–H groups in total. The van der Waals surface area contributed by atoms with Gasteiger partial charge in [-0.2, -0.15) is 0 Å². The third-order valence-electron chi connectivity index (χ3n) is 2.04. The molecule has 92 valence electrons. The molecule has 1 nitrogen and oxygen atoms in total. The first-order chi connectivity index (χ1) is 8.16. The number of aryl methyl sites for hydroxylation is 1. The third kappa shape index (κ3) is 3.79. The summed E-state index contributed by atoms with van der Waals surface area (Å²) in [6.45, 7) is 5.98. The van der Waals surface area contributed by atoms with Gasteiger partial charge in [0.25, 0.3) is 0 Å². The lowest BCUT2D eigenvalue weighted by Gasteiger charge is -2.01. The maximum atomic E-state index is 13.5. The molecule has 0 aliphatic heterocycles. The van der Waals surface area contributed by atoms with Crippen LogP contribution >= 0.6 is 22.9 Å². The Kier molecular flexibility index (Phi) is 5.59. The minimum absolute atomic E-state index is 0.167. The predicted molar refractivity (Wildman–Crippen MR) is 72.4 cm³/mol. The van der Waals surface area contributed by atoms with Crippen LogP contribution in [0.25, 0.3) is 0 Å². The van der Waals surface area contributed by atoms with Gasteiger partial charge in [0.1, 0.15) is 5.82 Å². The average molecular weight is 272 g/mol.